The molecule has 2 heterocycles. The second-order valence-corrected chi connectivity index (χ2v) is 7.16. The van der Waals surface area contributed by atoms with Crippen LogP contribution in [0.5, 0.6) is 0 Å². The Morgan fingerprint density at radius 3 is 1.86 bits per heavy atom. The van der Waals surface area contributed by atoms with Gasteiger partial charge >= 0.3 is 0 Å². The Bertz CT molecular complexity index is 1080. The van der Waals surface area contributed by atoms with Crippen LogP contribution in [0.1, 0.15) is 12.6 Å². The number of aromatic nitrogens is 4. The molecular weight excluding hydrogens is 368 g/mol. The van der Waals surface area contributed by atoms with Crippen LogP contribution in [0.3, 0.4) is 0 Å². The van der Waals surface area contributed by atoms with Gasteiger partial charge < -0.3 is 10.6 Å². The molecule has 28 heavy (non-hydrogen) atoms. The average molecular weight is 391 g/mol. The highest BCUT2D eigenvalue weighted by Crippen LogP contribution is 2.29. The highest BCUT2D eigenvalue weighted by atomic mass is 32.2. The Balaban J connectivity index is 1.83. The minimum Gasteiger partial charge on any atom is -0.372 e. The SMILES string of the molecule is CCc1nc2cc(-c3ccc4nc(NC)c(SC)nc4c3)ccc2nc1NC. The summed E-state index contributed by atoms with van der Waals surface area (Å²) in [5, 5.41) is 7.13. The van der Waals surface area contributed by atoms with Gasteiger partial charge in [0, 0.05) is 14.1 Å². The van der Waals surface area contributed by atoms with Crippen molar-refractivity contribution in [2.75, 3.05) is 31.0 Å². The summed E-state index contributed by atoms with van der Waals surface area (Å²) in [4.78, 5) is 18.9. The molecule has 0 aliphatic carbocycles. The molecule has 2 aromatic heterocycles. The standard InChI is InChI=1S/C21H22N6S/c1-5-14-19(22-2)25-15-8-6-12(10-17(15)24-14)13-7-9-16-18(11-13)27-21(28-4)20(23-3)26-16/h6-11H,5H2,1-4H3,(H,22,25)(H,23,26). The third-order valence-corrected chi connectivity index (χ3v) is 5.38. The molecule has 0 fully saturated rings. The van der Waals surface area contributed by atoms with E-state index in [1.165, 1.54) is 0 Å². The van der Waals surface area contributed by atoms with E-state index in [2.05, 4.69) is 51.8 Å². The molecule has 0 bridgehead atoms. The number of anilines is 2. The Hall–Kier alpha value is -2.93. The molecule has 7 heteroatoms. The number of rotatable bonds is 5. The first-order chi connectivity index (χ1) is 13.7. The van der Waals surface area contributed by atoms with E-state index in [1.807, 2.05) is 32.5 Å². The van der Waals surface area contributed by atoms with E-state index in [9.17, 15) is 0 Å². The molecule has 4 aromatic rings. The lowest BCUT2D eigenvalue weighted by molar-refractivity contribution is 1.03. The van der Waals surface area contributed by atoms with Crippen LogP contribution in [0.4, 0.5) is 11.6 Å². The summed E-state index contributed by atoms with van der Waals surface area (Å²) in [6, 6.07) is 12.4. The third-order valence-electron chi connectivity index (χ3n) is 4.70. The fourth-order valence-corrected chi connectivity index (χ4v) is 3.77. The van der Waals surface area contributed by atoms with Crippen molar-refractivity contribution < 1.29 is 0 Å². The molecule has 6 nitrogen and oxygen atoms in total. The smallest absolute Gasteiger partial charge is 0.159 e. The summed E-state index contributed by atoms with van der Waals surface area (Å²) in [5.74, 6) is 1.65. The maximum Gasteiger partial charge on any atom is 0.159 e. The quantitative estimate of drug-likeness (QED) is 0.482. The van der Waals surface area contributed by atoms with Crippen molar-refractivity contribution in [2.45, 2.75) is 18.4 Å². The van der Waals surface area contributed by atoms with Gasteiger partial charge in [0.25, 0.3) is 0 Å². The van der Waals surface area contributed by atoms with Crippen molar-refractivity contribution in [1.82, 2.24) is 19.9 Å². The van der Waals surface area contributed by atoms with Crippen LogP contribution in [0.25, 0.3) is 33.2 Å². The van der Waals surface area contributed by atoms with Gasteiger partial charge in [-0.3, -0.25) is 0 Å². The van der Waals surface area contributed by atoms with E-state index in [1.54, 1.807) is 11.8 Å². The average Bonchev–Trinajstić information content (AvgIpc) is 2.76. The summed E-state index contributed by atoms with van der Waals surface area (Å²) < 4.78 is 0. The van der Waals surface area contributed by atoms with E-state index < -0.39 is 0 Å². The maximum atomic E-state index is 4.80. The van der Waals surface area contributed by atoms with Gasteiger partial charge in [-0.1, -0.05) is 19.1 Å². The van der Waals surface area contributed by atoms with Crippen LogP contribution >= 0.6 is 11.8 Å². The fourth-order valence-electron chi connectivity index (χ4n) is 3.24. The maximum absolute atomic E-state index is 4.80. The third kappa shape index (κ3) is 3.22. The van der Waals surface area contributed by atoms with E-state index in [-0.39, 0.29) is 0 Å². The summed E-state index contributed by atoms with van der Waals surface area (Å²) in [5.41, 5.74) is 6.69. The molecule has 2 N–H and O–H groups in total. The molecule has 0 atom stereocenters. The van der Waals surface area contributed by atoms with E-state index in [4.69, 9.17) is 9.97 Å². The van der Waals surface area contributed by atoms with Crippen LogP contribution < -0.4 is 10.6 Å². The highest BCUT2D eigenvalue weighted by molar-refractivity contribution is 7.98. The molecule has 0 saturated carbocycles. The molecule has 0 aliphatic rings. The lowest BCUT2D eigenvalue weighted by Crippen LogP contribution is -2.01. The van der Waals surface area contributed by atoms with Crippen molar-refractivity contribution in [1.29, 1.82) is 0 Å². The van der Waals surface area contributed by atoms with Gasteiger partial charge in [-0.2, -0.15) is 0 Å². The second kappa shape index (κ2) is 7.59. The zero-order valence-electron chi connectivity index (χ0n) is 16.4. The lowest BCUT2D eigenvalue weighted by atomic mass is 10.0. The Kier molecular flexibility index (Phi) is 5.00. The monoisotopic (exact) mass is 390 g/mol. The van der Waals surface area contributed by atoms with Gasteiger partial charge in [-0.05, 0) is 48.1 Å². The first-order valence-corrected chi connectivity index (χ1v) is 10.4. The minimum absolute atomic E-state index is 0.807. The molecule has 0 radical (unpaired) electrons. The normalized spacial score (nSPS) is 11.1. The number of nitrogens with zero attached hydrogens (tertiary/aromatic N) is 4. The van der Waals surface area contributed by atoms with E-state index in [0.717, 1.165) is 62.0 Å². The topological polar surface area (TPSA) is 75.6 Å². The molecule has 0 saturated heterocycles. The molecular formula is C21H22N6S. The largest absolute Gasteiger partial charge is 0.372 e. The lowest BCUT2D eigenvalue weighted by Gasteiger charge is -2.10. The number of aryl methyl sites for hydroxylation is 1. The molecule has 0 amide bonds. The summed E-state index contributed by atoms with van der Waals surface area (Å²) >= 11 is 1.59. The summed E-state index contributed by atoms with van der Waals surface area (Å²) in [7, 11) is 3.74. The van der Waals surface area contributed by atoms with Crippen LogP contribution in [0.2, 0.25) is 0 Å². The predicted molar refractivity (Wildman–Crippen MR) is 118 cm³/mol. The van der Waals surface area contributed by atoms with Gasteiger partial charge in [0.2, 0.25) is 0 Å². The number of hydrogen-bond acceptors (Lipinski definition) is 7. The van der Waals surface area contributed by atoms with Crippen molar-refractivity contribution in [2.24, 2.45) is 0 Å². The first-order valence-electron chi connectivity index (χ1n) is 9.19. The van der Waals surface area contributed by atoms with Crippen LogP contribution in [0.15, 0.2) is 41.4 Å². The Labute approximate surface area is 168 Å². The zero-order valence-corrected chi connectivity index (χ0v) is 17.2. The number of fused-ring (bicyclic) bond motifs is 2. The van der Waals surface area contributed by atoms with E-state index >= 15 is 0 Å². The van der Waals surface area contributed by atoms with E-state index in [0.29, 0.717) is 0 Å². The summed E-state index contributed by atoms with van der Waals surface area (Å²) in [6.07, 6.45) is 2.84. The molecule has 0 unspecified atom stereocenters. The second-order valence-electron chi connectivity index (χ2n) is 6.36. The van der Waals surface area contributed by atoms with Gasteiger partial charge in [0.15, 0.2) is 5.82 Å². The van der Waals surface area contributed by atoms with Crippen molar-refractivity contribution in [3.05, 3.63) is 42.1 Å². The van der Waals surface area contributed by atoms with Crippen LogP contribution in [-0.4, -0.2) is 40.3 Å². The Morgan fingerprint density at radius 2 is 1.32 bits per heavy atom. The Morgan fingerprint density at radius 1 is 0.750 bits per heavy atom. The van der Waals surface area contributed by atoms with Gasteiger partial charge in [-0.15, -0.1) is 11.8 Å². The molecule has 0 spiro atoms. The fraction of sp³-hybridized carbons (Fsp3) is 0.238. The predicted octanol–water partition coefficient (Wildman–Crippen LogP) is 4.61. The van der Waals surface area contributed by atoms with Crippen LogP contribution in [0, 0.1) is 0 Å². The molecule has 142 valence electrons. The first kappa shape index (κ1) is 18.4. The molecule has 0 aliphatic heterocycles. The number of hydrogen-bond donors (Lipinski definition) is 2. The summed E-state index contributed by atoms with van der Waals surface area (Å²) in [6.45, 7) is 2.09. The number of thioether (sulfide) groups is 1. The minimum atomic E-state index is 0.807. The van der Waals surface area contributed by atoms with Gasteiger partial charge in [0.1, 0.15) is 10.8 Å². The molecule has 4 rings (SSSR count). The van der Waals surface area contributed by atoms with Crippen molar-refractivity contribution in [3.63, 3.8) is 0 Å². The van der Waals surface area contributed by atoms with Gasteiger partial charge in [-0.25, -0.2) is 19.9 Å². The van der Waals surface area contributed by atoms with Crippen molar-refractivity contribution in [3.8, 4) is 11.1 Å². The zero-order chi connectivity index (χ0) is 19.7. The van der Waals surface area contributed by atoms with Crippen molar-refractivity contribution >= 4 is 45.5 Å². The molecule has 2 aromatic carbocycles. The van der Waals surface area contributed by atoms with Gasteiger partial charge in [0.05, 0.1) is 27.8 Å². The van der Waals surface area contributed by atoms with Crippen LogP contribution in [-0.2, 0) is 6.42 Å². The highest BCUT2D eigenvalue weighted by Gasteiger charge is 2.10. The number of nitrogens with one attached hydrogen (secondary N) is 2. The number of benzene rings is 2.